The number of anilines is 1. The van der Waals surface area contributed by atoms with Crippen molar-refractivity contribution in [3.63, 3.8) is 0 Å². The van der Waals surface area contributed by atoms with Crippen LogP contribution in [0.25, 0.3) is 11.3 Å². The van der Waals surface area contributed by atoms with Crippen LogP contribution in [0.2, 0.25) is 0 Å². The lowest BCUT2D eigenvalue weighted by atomic mass is 10.1. The zero-order valence-corrected chi connectivity index (χ0v) is 14.2. The highest BCUT2D eigenvalue weighted by molar-refractivity contribution is 9.10. The summed E-state index contributed by atoms with van der Waals surface area (Å²) in [6.07, 6.45) is 5.09. The molecular formula is C17H22BrN3. The Hall–Kier alpha value is -1.29. The summed E-state index contributed by atoms with van der Waals surface area (Å²) in [5.41, 5.74) is 8.45. The first-order valence-corrected chi connectivity index (χ1v) is 8.50. The lowest BCUT2D eigenvalue weighted by molar-refractivity contribution is 0.534. The second-order valence-corrected chi connectivity index (χ2v) is 7.08. The molecule has 4 heteroatoms. The molecule has 0 saturated heterocycles. The van der Waals surface area contributed by atoms with Crippen LogP contribution in [0.15, 0.2) is 28.7 Å². The molecule has 1 saturated carbocycles. The van der Waals surface area contributed by atoms with Crippen LogP contribution < -0.4 is 5.73 Å². The van der Waals surface area contributed by atoms with Gasteiger partial charge in [0, 0.05) is 22.0 Å². The third-order valence-corrected chi connectivity index (χ3v) is 4.80. The number of nitrogens with zero attached hydrogens (tertiary/aromatic N) is 2. The van der Waals surface area contributed by atoms with Crippen LogP contribution in [-0.2, 0) is 0 Å². The Morgan fingerprint density at radius 1 is 1.29 bits per heavy atom. The second kappa shape index (κ2) is 5.84. The van der Waals surface area contributed by atoms with Crippen molar-refractivity contribution in [2.45, 2.75) is 51.5 Å². The van der Waals surface area contributed by atoms with Gasteiger partial charge in [-0.2, -0.15) is 0 Å². The van der Waals surface area contributed by atoms with E-state index in [9.17, 15) is 0 Å². The molecule has 112 valence electrons. The largest absolute Gasteiger partial charge is 0.383 e. The molecule has 0 atom stereocenters. The molecule has 0 spiro atoms. The van der Waals surface area contributed by atoms with Crippen molar-refractivity contribution in [1.29, 1.82) is 0 Å². The van der Waals surface area contributed by atoms with E-state index in [1.807, 2.05) is 12.1 Å². The van der Waals surface area contributed by atoms with E-state index in [0.717, 1.165) is 21.5 Å². The average Bonchev–Trinajstić information content (AvgIpc) is 3.05. The second-order valence-electron chi connectivity index (χ2n) is 6.16. The van der Waals surface area contributed by atoms with Gasteiger partial charge in [-0.1, -0.05) is 40.9 Å². The summed E-state index contributed by atoms with van der Waals surface area (Å²) in [5, 5.41) is 0. The van der Waals surface area contributed by atoms with Gasteiger partial charge >= 0.3 is 0 Å². The molecule has 21 heavy (non-hydrogen) atoms. The first-order chi connectivity index (χ1) is 10.1. The number of imidazole rings is 1. The van der Waals surface area contributed by atoms with Crippen molar-refractivity contribution in [2.75, 3.05) is 5.73 Å². The standard InChI is InChI=1S/C17H22BrN3/c1-11(2)21-16(19)15(13-8-5-9-14(18)10-13)20-17(21)12-6-3-4-7-12/h5,8-12H,3-4,6-7,19H2,1-2H3. The fourth-order valence-electron chi connectivity index (χ4n) is 3.33. The number of hydrogen-bond acceptors (Lipinski definition) is 2. The van der Waals surface area contributed by atoms with Crippen LogP contribution in [0.4, 0.5) is 5.82 Å². The smallest absolute Gasteiger partial charge is 0.131 e. The quantitative estimate of drug-likeness (QED) is 0.835. The molecule has 1 fully saturated rings. The van der Waals surface area contributed by atoms with Gasteiger partial charge in [-0.25, -0.2) is 4.98 Å². The Balaban J connectivity index is 2.11. The number of rotatable bonds is 3. The summed E-state index contributed by atoms with van der Waals surface area (Å²) in [5.74, 6) is 2.54. The van der Waals surface area contributed by atoms with E-state index in [1.54, 1.807) is 0 Å². The molecule has 1 aromatic heterocycles. The highest BCUT2D eigenvalue weighted by Gasteiger charge is 2.26. The Kier molecular flexibility index (Phi) is 4.07. The van der Waals surface area contributed by atoms with Crippen LogP contribution in [0, 0.1) is 0 Å². The van der Waals surface area contributed by atoms with Crippen molar-refractivity contribution in [3.8, 4) is 11.3 Å². The maximum absolute atomic E-state index is 6.44. The zero-order valence-electron chi connectivity index (χ0n) is 12.6. The molecule has 0 aliphatic heterocycles. The van der Waals surface area contributed by atoms with Crippen LogP contribution in [0.5, 0.6) is 0 Å². The minimum atomic E-state index is 0.342. The molecule has 2 N–H and O–H groups in total. The number of nitrogen functional groups attached to an aromatic ring is 1. The van der Waals surface area contributed by atoms with Gasteiger partial charge in [-0.15, -0.1) is 0 Å². The summed E-state index contributed by atoms with van der Waals surface area (Å²) in [6.45, 7) is 4.36. The third kappa shape index (κ3) is 2.73. The third-order valence-electron chi connectivity index (χ3n) is 4.31. The highest BCUT2D eigenvalue weighted by Crippen LogP contribution is 2.39. The topological polar surface area (TPSA) is 43.8 Å². The minimum absolute atomic E-state index is 0.342. The van der Waals surface area contributed by atoms with E-state index >= 15 is 0 Å². The van der Waals surface area contributed by atoms with Gasteiger partial charge in [0.15, 0.2) is 0 Å². The van der Waals surface area contributed by atoms with E-state index in [2.05, 4.69) is 46.5 Å². The van der Waals surface area contributed by atoms with Gasteiger partial charge in [0.25, 0.3) is 0 Å². The summed E-state index contributed by atoms with van der Waals surface area (Å²) in [6, 6.07) is 8.56. The Labute approximate surface area is 134 Å². The van der Waals surface area contributed by atoms with Gasteiger partial charge in [-0.05, 0) is 38.8 Å². The maximum atomic E-state index is 6.44. The molecular weight excluding hydrogens is 326 g/mol. The highest BCUT2D eigenvalue weighted by atomic mass is 79.9. The summed E-state index contributed by atoms with van der Waals surface area (Å²) in [7, 11) is 0. The molecule has 3 nitrogen and oxygen atoms in total. The van der Waals surface area contributed by atoms with Crippen LogP contribution in [0.3, 0.4) is 0 Å². The van der Waals surface area contributed by atoms with E-state index in [-0.39, 0.29) is 0 Å². The molecule has 0 amide bonds. The predicted molar refractivity (Wildman–Crippen MR) is 91.4 cm³/mol. The van der Waals surface area contributed by atoms with E-state index < -0.39 is 0 Å². The van der Waals surface area contributed by atoms with Gasteiger partial charge in [0.05, 0.1) is 0 Å². The van der Waals surface area contributed by atoms with Gasteiger partial charge in [0.1, 0.15) is 17.3 Å². The zero-order chi connectivity index (χ0) is 15.0. The molecule has 0 bridgehead atoms. The molecule has 0 unspecified atom stereocenters. The fraction of sp³-hybridized carbons (Fsp3) is 0.471. The normalized spacial score (nSPS) is 16.0. The average molecular weight is 348 g/mol. The molecule has 2 aromatic rings. The van der Waals surface area contributed by atoms with Crippen molar-refractivity contribution in [1.82, 2.24) is 9.55 Å². The Morgan fingerprint density at radius 2 is 2.00 bits per heavy atom. The SMILES string of the molecule is CC(C)n1c(C2CCCC2)nc(-c2cccc(Br)c2)c1N. The Morgan fingerprint density at radius 3 is 2.62 bits per heavy atom. The fourth-order valence-corrected chi connectivity index (χ4v) is 3.73. The number of hydrogen-bond donors (Lipinski definition) is 1. The summed E-state index contributed by atoms with van der Waals surface area (Å²) in [4.78, 5) is 4.94. The van der Waals surface area contributed by atoms with E-state index in [1.165, 1.54) is 31.5 Å². The maximum Gasteiger partial charge on any atom is 0.131 e. The van der Waals surface area contributed by atoms with E-state index in [4.69, 9.17) is 10.7 Å². The lowest BCUT2D eigenvalue weighted by Gasteiger charge is -2.17. The number of benzene rings is 1. The van der Waals surface area contributed by atoms with Gasteiger partial charge in [0.2, 0.25) is 0 Å². The Bertz CT molecular complexity index is 639. The van der Waals surface area contributed by atoms with Crippen LogP contribution in [0.1, 0.15) is 57.3 Å². The molecule has 1 heterocycles. The minimum Gasteiger partial charge on any atom is -0.383 e. The summed E-state index contributed by atoms with van der Waals surface area (Å²) < 4.78 is 3.28. The molecule has 1 aliphatic rings. The first-order valence-electron chi connectivity index (χ1n) is 7.71. The van der Waals surface area contributed by atoms with Crippen molar-refractivity contribution < 1.29 is 0 Å². The van der Waals surface area contributed by atoms with Crippen molar-refractivity contribution >= 4 is 21.7 Å². The predicted octanol–water partition coefficient (Wildman–Crippen LogP) is 5.13. The number of halogens is 1. The van der Waals surface area contributed by atoms with Crippen LogP contribution >= 0.6 is 15.9 Å². The van der Waals surface area contributed by atoms with Gasteiger partial charge < -0.3 is 10.3 Å². The first kappa shape index (κ1) is 14.6. The number of aromatic nitrogens is 2. The number of nitrogens with two attached hydrogens (primary N) is 1. The van der Waals surface area contributed by atoms with Crippen molar-refractivity contribution in [3.05, 3.63) is 34.6 Å². The summed E-state index contributed by atoms with van der Waals surface area (Å²) >= 11 is 3.53. The van der Waals surface area contributed by atoms with Crippen LogP contribution in [-0.4, -0.2) is 9.55 Å². The molecule has 3 rings (SSSR count). The lowest BCUT2D eigenvalue weighted by Crippen LogP contribution is -2.11. The monoisotopic (exact) mass is 347 g/mol. The molecule has 1 aliphatic carbocycles. The van der Waals surface area contributed by atoms with Crippen molar-refractivity contribution in [2.24, 2.45) is 0 Å². The van der Waals surface area contributed by atoms with Gasteiger partial charge in [-0.3, -0.25) is 0 Å². The van der Waals surface area contributed by atoms with E-state index in [0.29, 0.717) is 12.0 Å². The molecule has 0 radical (unpaired) electrons. The molecule has 1 aromatic carbocycles.